The zero-order valence-corrected chi connectivity index (χ0v) is 9.78. The van der Waals surface area contributed by atoms with Crippen LogP contribution in [-0.2, 0) is 4.79 Å². The van der Waals surface area contributed by atoms with Crippen LogP contribution in [0.4, 0.5) is 0 Å². The van der Waals surface area contributed by atoms with Gasteiger partial charge in [-0.15, -0.1) is 0 Å². The van der Waals surface area contributed by atoms with E-state index in [9.17, 15) is 15.0 Å². The van der Waals surface area contributed by atoms with E-state index in [0.29, 0.717) is 18.3 Å². The van der Waals surface area contributed by atoms with Gasteiger partial charge >= 0.3 is 5.97 Å². The lowest BCUT2D eigenvalue weighted by Crippen LogP contribution is -2.58. The molecule has 4 aliphatic rings. The van der Waals surface area contributed by atoms with E-state index >= 15 is 0 Å². The van der Waals surface area contributed by atoms with Crippen molar-refractivity contribution in [2.24, 2.45) is 22.7 Å². The number of carbonyl (C=O) groups is 1. The van der Waals surface area contributed by atoms with Gasteiger partial charge in [0.2, 0.25) is 0 Å². The highest BCUT2D eigenvalue weighted by Gasteiger charge is 2.62. The molecule has 0 radical (unpaired) electrons. The molecule has 0 aliphatic heterocycles. The molecule has 4 aliphatic carbocycles. The molecule has 16 heavy (non-hydrogen) atoms. The Morgan fingerprint density at radius 2 is 1.81 bits per heavy atom. The molecule has 0 spiro atoms. The third-order valence-corrected chi connectivity index (χ3v) is 5.45. The lowest BCUT2D eigenvalue weighted by molar-refractivity contribution is -0.186. The van der Waals surface area contributed by atoms with Gasteiger partial charge in [-0.1, -0.05) is 0 Å². The molecule has 4 rings (SSSR count). The van der Waals surface area contributed by atoms with Gasteiger partial charge in [-0.25, -0.2) is 0 Å². The van der Waals surface area contributed by atoms with E-state index in [2.05, 4.69) is 0 Å². The summed E-state index contributed by atoms with van der Waals surface area (Å²) in [5.74, 6) is 0.477. The van der Waals surface area contributed by atoms with Crippen molar-refractivity contribution in [2.45, 2.75) is 51.6 Å². The van der Waals surface area contributed by atoms with Crippen LogP contribution in [0, 0.1) is 22.7 Å². The van der Waals surface area contributed by atoms with Crippen LogP contribution in [0.2, 0.25) is 0 Å². The minimum absolute atomic E-state index is 0.0809. The monoisotopic (exact) mass is 224 g/mol. The Kier molecular flexibility index (Phi) is 1.99. The van der Waals surface area contributed by atoms with Gasteiger partial charge in [0.1, 0.15) is 0 Å². The minimum atomic E-state index is -0.619. The summed E-state index contributed by atoms with van der Waals surface area (Å²) in [6.07, 6.45) is 5.37. The number of aliphatic hydroxyl groups excluding tert-OH is 1. The maximum absolute atomic E-state index is 11.5. The Hall–Kier alpha value is -0.570. The summed E-state index contributed by atoms with van der Waals surface area (Å²) in [5, 5.41) is 19.5. The summed E-state index contributed by atoms with van der Waals surface area (Å²) in [5.41, 5.74) is -0.580. The predicted octanol–water partition coefficient (Wildman–Crippen LogP) is 2.04. The Morgan fingerprint density at radius 1 is 1.25 bits per heavy atom. The van der Waals surface area contributed by atoms with Crippen LogP contribution in [0.1, 0.15) is 45.4 Å². The zero-order chi connectivity index (χ0) is 11.6. The number of aliphatic hydroxyl groups is 1. The summed E-state index contributed by atoms with van der Waals surface area (Å²) < 4.78 is 0. The molecule has 4 bridgehead atoms. The molecular formula is C13H20O3. The van der Waals surface area contributed by atoms with Crippen LogP contribution in [0.5, 0.6) is 0 Å². The van der Waals surface area contributed by atoms with E-state index in [0.717, 1.165) is 25.7 Å². The third-order valence-electron chi connectivity index (χ3n) is 5.45. The van der Waals surface area contributed by atoms with Crippen LogP contribution in [0.25, 0.3) is 0 Å². The van der Waals surface area contributed by atoms with Crippen molar-refractivity contribution in [3.05, 3.63) is 0 Å². The number of hydrogen-bond acceptors (Lipinski definition) is 2. The highest BCUT2D eigenvalue weighted by atomic mass is 16.4. The first kappa shape index (κ1) is 10.6. The van der Waals surface area contributed by atoms with Crippen molar-refractivity contribution in [3.8, 4) is 0 Å². The molecule has 0 heterocycles. The largest absolute Gasteiger partial charge is 0.481 e. The molecule has 2 N–H and O–H groups in total. The Labute approximate surface area is 95.9 Å². The molecule has 3 heteroatoms. The van der Waals surface area contributed by atoms with Gasteiger partial charge in [-0.3, -0.25) is 4.79 Å². The van der Waals surface area contributed by atoms with Crippen LogP contribution >= 0.6 is 0 Å². The van der Waals surface area contributed by atoms with Gasteiger partial charge in [0.05, 0.1) is 11.5 Å². The van der Waals surface area contributed by atoms with Gasteiger partial charge in [-0.05, 0) is 62.7 Å². The highest BCUT2D eigenvalue weighted by molar-refractivity contribution is 5.75. The van der Waals surface area contributed by atoms with Crippen molar-refractivity contribution in [3.63, 3.8) is 0 Å². The maximum atomic E-state index is 11.5. The van der Waals surface area contributed by atoms with E-state index in [1.54, 1.807) is 0 Å². The lowest BCUT2D eigenvalue weighted by Gasteiger charge is -2.61. The Morgan fingerprint density at radius 3 is 2.25 bits per heavy atom. The molecular weight excluding hydrogens is 204 g/mol. The first-order valence-corrected chi connectivity index (χ1v) is 6.37. The summed E-state index contributed by atoms with van der Waals surface area (Å²) in [4.78, 5) is 11.5. The molecule has 0 aromatic heterocycles. The lowest BCUT2D eigenvalue weighted by atomic mass is 9.43. The van der Waals surface area contributed by atoms with Gasteiger partial charge in [0.15, 0.2) is 0 Å². The fourth-order valence-corrected chi connectivity index (χ4v) is 5.07. The molecule has 3 unspecified atom stereocenters. The maximum Gasteiger partial charge on any atom is 0.309 e. The average molecular weight is 224 g/mol. The molecule has 3 atom stereocenters. The number of carboxylic acid groups (broad SMARTS) is 1. The Bertz CT molecular complexity index is 320. The second kappa shape index (κ2) is 3.00. The highest BCUT2D eigenvalue weighted by Crippen LogP contribution is 2.66. The minimum Gasteiger partial charge on any atom is -0.481 e. The van der Waals surface area contributed by atoms with Crippen molar-refractivity contribution < 1.29 is 15.0 Å². The number of carboxylic acids is 1. The van der Waals surface area contributed by atoms with Crippen LogP contribution < -0.4 is 0 Å². The van der Waals surface area contributed by atoms with Gasteiger partial charge in [0.25, 0.3) is 0 Å². The van der Waals surface area contributed by atoms with Crippen molar-refractivity contribution in [1.29, 1.82) is 0 Å². The molecule has 0 amide bonds. The SMILES string of the molecule is CC(O)C12CC3CC(CC(C(=O)O)(C3)C1)C2. The average Bonchev–Trinajstić information content (AvgIpc) is 2.14. The molecule has 4 saturated carbocycles. The van der Waals surface area contributed by atoms with E-state index in [1.807, 2.05) is 6.92 Å². The molecule has 3 nitrogen and oxygen atoms in total. The third kappa shape index (κ3) is 1.21. The van der Waals surface area contributed by atoms with Gasteiger partial charge in [-0.2, -0.15) is 0 Å². The quantitative estimate of drug-likeness (QED) is 0.754. The molecule has 0 aromatic carbocycles. The zero-order valence-electron chi connectivity index (χ0n) is 9.78. The Balaban J connectivity index is 2.00. The number of rotatable bonds is 2. The van der Waals surface area contributed by atoms with E-state index in [-0.39, 0.29) is 11.5 Å². The van der Waals surface area contributed by atoms with Crippen molar-refractivity contribution in [2.75, 3.05) is 0 Å². The standard InChI is InChI=1S/C13H20O3/c1-8(14)12-3-9-2-10(4-12)6-13(5-9,7-12)11(15)16/h8-10,14H,2-7H2,1H3,(H,15,16). The van der Waals surface area contributed by atoms with Crippen molar-refractivity contribution >= 4 is 5.97 Å². The van der Waals surface area contributed by atoms with E-state index < -0.39 is 11.4 Å². The number of hydrogen-bond donors (Lipinski definition) is 2. The fourth-order valence-electron chi connectivity index (χ4n) is 5.07. The first-order valence-electron chi connectivity index (χ1n) is 6.37. The molecule has 0 saturated heterocycles. The van der Waals surface area contributed by atoms with Crippen LogP contribution in [-0.4, -0.2) is 22.3 Å². The van der Waals surface area contributed by atoms with Crippen molar-refractivity contribution in [1.82, 2.24) is 0 Å². The first-order chi connectivity index (χ1) is 7.46. The topological polar surface area (TPSA) is 57.5 Å². The van der Waals surface area contributed by atoms with Gasteiger partial charge in [0, 0.05) is 0 Å². The molecule has 0 aromatic rings. The van der Waals surface area contributed by atoms with Crippen LogP contribution in [0.3, 0.4) is 0 Å². The van der Waals surface area contributed by atoms with E-state index in [1.165, 1.54) is 6.42 Å². The molecule has 4 fully saturated rings. The second-order valence-corrected chi connectivity index (χ2v) is 6.58. The predicted molar refractivity (Wildman–Crippen MR) is 58.9 cm³/mol. The van der Waals surface area contributed by atoms with E-state index in [4.69, 9.17) is 0 Å². The summed E-state index contributed by atoms with van der Waals surface area (Å²) >= 11 is 0. The number of aliphatic carboxylic acids is 1. The van der Waals surface area contributed by atoms with Crippen LogP contribution in [0.15, 0.2) is 0 Å². The summed E-state index contributed by atoms with van der Waals surface area (Å²) in [6.45, 7) is 1.85. The summed E-state index contributed by atoms with van der Waals surface area (Å²) in [7, 11) is 0. The summed E-state index contributed by atoms with van der Waals surface area (Å²) in [6, 6.07) is 0. The normalized spacial score (nSPS) is 51.6. The smallest absolute Gasteiger partial charge is 0.309 e. The fraction of sp³-hybridized carbons (Fsp3) is 0.923. The molecule has 90 valence electrons. The second-order valence-electron chi connectivity index (χ2n) is 6.58. The van der Waals surface area contributed by atoms with Gasteiger partial charge < -0.3 is 10.2 Å².